The fraction of sp³-hybridized carbons (Fsp3) is 1.00. The number of alkyl halides is 3. The van der Waals surface area contributed by atoms with Crippen molar-refractivity contribution in [3.8, 4) is 0 Å². The van der Waals surface area contributed by atoms with Gasteiger partial charge in [-0.3, -0.25) is 0 Å². The van der Waals surface area contributed by atoms with Crippen LogP contribution in [0.2, 0.25) is 0 Å². The van der Waals surface area contributed by atoms with Crippen molar-refractivity contribution in [1.29, 1.82) is 0 Å². The summed E-state index contributed by atoms with van der Waals surface area (Å²) in [7, 11) is 0. The molecule has 0 aromatic rings. The molecule has 4 N–H and O–H groups in total. The van der Waals surface area contributed by atoms with E-state index in [4.69, 9.17) is 5.11 Å². The second-order valence-electron chi connectivity index (χ2n) is 2.02. The molecule has 1 atom stereocenters. The lowest BCUT2D eigenvalue weighted by Crippen LogP contribution is -2.65. The monoisotopic (exact) mass is 144 g/mol. The van der Waals surface area contributed by atoms with Crippen LogP contribution in [0.5, 0.6) is 0 Å². The van der Waals surface area contributed by atoms with Crippen molar-refractivity contribution < 1.29 is 24.0 Å². The molecule has 0 heterocycles. The molecule has 2 nitrogen and oxygen atoms in total. The maximum Gasteiger partial charge on any atom is 0.422 e. The van der Waals surface area contributed by atoms with Gasteiger partial charge in [-0.15, -0.1) is 0 Å². The molecule has 9 heavy (non-hydrogen) atoms. The average Bonchev–Trinajstić information content (AvgIpc) is 1.64. The van der Waals surface area contributed by atoms with Crippen LogP contribution < -0.4 is 5.73 Å². The molecule has 0 saturated carbocycles. The van der Waals surface area contributed by atoms with Gasteiger partial charge in [-0.05, 0) is 6.92 Å². The molecular formula is C4H9F3NO+. The Morgan fingerprint density at radius 3 is 1.78 bits per heavy atom. The number of hydrogen-bond acceptors (Lipinski definition) is 1. The first-order valence-corrected chi connectivity index (χ1v) is 2.39. The van der Waals surface area contributed by atoms with Gasteiger partial charge >= 0.3 is 6.18 Å². The van der Waals surface area contributed by atoms with E-state index in [1.165, 1.54) is 0 Å². The molecule has 0 amide bonds. The number of aliphatic hydroxyl groups is 1. The largest absolute Gasteiger partial charge is 0.422 e. The molecule has 0 aromatic heterocycles. The van der Waals surface area contributed by atoms with Gasteiger partial charge in [-0.2, -0.15) is 13.2 Å². The van der Waals surface area contributed by atoms with Crippen molar-refractivity contribution in [2.24, 2.45) is 0 Å². The quantitative estimate of drug-likeness (QED) is 0.514. The van der Waals surface area contributed by atoms with Gasteiger partial charge in [0.05, 0.1) is 0 Å². The van der Waals surface area contributed by atoms with Gasteiger partial charge in [-0.1, -0.05) is 0 Å². The lowest BCUT2D eigenvalue weighted by atomic mass is 10.1. The number of rotatable bonds is 1. The highest BCUT2D eigenvalue weighted by Crippen LogP contribution is 2.28. The van der Waals surface area contributed by atoms with Crippen LogP contribution in [-0.4, -0.2) is 23.4 Å². The SMILES string of the molecule is CC(O)(C[NH3+])C(F)(F)F. The molecule has 0 rings (SSSR count). The van der Waals surface area contributed by atoms with Gasteiger partial charge < -0.3 is 10.8 Å². The predicted octanol–water partition coefficient (Wildman–Crippen LogP) is -0.458. The summed E-state index contributed by atoms with van der Waals surface area (Å²) in [6.45, 7) is 0.135. The van der Waals surface area contributed by atoms with Crippen LogP contribution in [0.25, 0.3) is 0 Å². The summed E-state index contributed by atoms with van der Waals surface area (Å²) in [6, 6.07) is 0. The topological polar surface area (TPSA) is 47.9 Å². The summed E-state index contributed by atoms with van der Waals surface area (Å²) in [5.41, 5.74) is 0.322. The number of quaternary nitrogens is 1. The minimum atomic E-state index is -4.56. The molecule has 56 valence electrons. The molecule has 0 fully saturated rings. The van der Waals surface area contributed by atoms with E-state index < -0.39 is 18.3 Å². The Morgan fingerprint density at radius 2 is 1.78 bits per heavy atom. The zero-order valence-electron chi connectivity index (χ0n) is 5.00. The molecule has 0 spiro atoms. The summed E-state index contributed by atoms with van der Waals surface area (Å²) in [6.07, 6.45) is -4.56. The Bertz CT molecular complexity index is 98.5. The van der Waals surface area contributed by atoms with Crippen molar-refractivity contribution in [1.82, 2.24) is 0 Å². The summed E-state index contributed by atoms with van der Waals surface area (Å²) in [4.78, 5) is 0. The van der Waals surface area contributed by atoms with Crippen LogP contribution in [0.15, 0.2) is 0 Å². The lowest BCUT2D eigenvalue weighted by molar-refractivity contribution is -0.427. The van der Waals surface area contributed by atoms with Crippen LogP contribution in [0.4, 0.5) is 13.2 Å². The molecule has 5 heteroatoms. The second-order valence-corrected chi connectivity index (χ2v) is 2.02. The van der Waals surface area contributed by atoms with E-state index in [-0.39, 0.29) is 0 Å². The van der Waals surface area contributed by atoms with Crippen LogP contribution in [0.1, 0.15) is 6.92 Å². The average molecular weight is 144 g/mol. The predicted molar refractivity (Wildman–Crippen MR) is 24.4 cm³/mol. The van der Waals surface area contributed by atoms with E-state index >= 15 is 0 Å². The fourth-order valence-corrected chi connectivity index (χ4v) is 0.142. The zero-order chi connectivity index (χ0) is 7.71. The van der Waals surface area contributed by atoms with Crippen LogP contribution >= 0.6 is 0 Å². The Morgan fingerprint density at radius 1 is 1.44 bits per heavy atom. The highest BCUT2D eigenvalue weighted by Gasteiger charge is 2.50. The third kappa shape index (κ3) is 1.83. The summed E-state index contributed by atoms with van der Waals surface area (Å²) in [5, 5.41) is 8.47. The van der Waals surface area contributed by atoms with E-state index in [1.807, 2.05) is 0 Å². The molecule has 0 aliphatic rings. The highest BCUT2D eigenvalue weighted by molar-refractivity contribution is 4.78. The second kappa shape index (κ2) is 2.15. The van der Waals surface area contributed by atoms with E-state index in [0.29, 0.717) is 6.92 Å². The molecule has 0 aromatic carbocycles. The van der Waals surface area contributed by atoms with Crippen LogP contribution in [0, 0.1) is 0 Å². The highest BCUT2D eigenvalue weighted by atomic mass is 19.4. The molecule has 0 bridgehead atoms. The maximum atomic E-state index is 11.5. The summed E-state index contributed by atoms with van der Waals surface area (Å²) < 4.78 is 34.6. The molecule has 0 saturated heterocycles. The van der Waals surface area contributed by atoms with E-state index in [9.17, 15) is 13.2 Å². The standard InChI is InChI=1S/C4H8F3NO/c1-3(9,2-8)4(5,6)7/h9H,2,8H2,1H3/p+1. The van der Waals surface area contributed by atoms with Gasteiger partial charge in [0.2, 0.25) is 5.60 Å². The number of hydrogen-bond donors (Lipinski definition) is 2. The Hall–Kier alpha value is -0.290. The third-order valence-corrected chi connectivity index (χ3v) is 1.10. The normalized spacial score (nSPS) is 19.3. The lowest BCUT2D eigenvalue weighted by Gasteiger charge is -2.21. The van der Waals surface area contributed by atoms with Crippen molar-refractivity contribution in [3.05, 3.63) is 0 Å². The van der Waals surface area contributed by atoms with Crippen LogP contribution in [-0.2, 0) is 0 Å². The molecular weight excluding hydrogens is 135 g/mol. The van der Waals surface area contributed by atoms with Gasteiger partial charge in [-0.25, -0.2) is 0 Å². The first-order chi connectivity index (χ1) is 3.81. The summed E-state index contributed by atoms with van der Waals surface area (Å²) >= 11 is 0. The molecule has 1 unspecified atom stereocenters. The third-order valence-electron chi connectivity index (χ3n) is 1.10. The van der Waals surface area contributed by atoms with Gasteiger partial charge in [0.25, 0.3) is 0 Å². The van der Waals surface area contributed by atoms with Crippen molar-refractivity contribution >= 4 is 0 Å². The Labute approximate surface area is 50.5 Å². The molecule has 0 aliphatic carbocycles. The van der Waals surface area contributed by atoms with Gasteiger partial charge in [0.1, 0.15) is 6.54 Å². The Balaban J connectivity index is 4.14. The van der Waals surface area contributed by atoms with Crippen LogP contribution in [0.3, 0.4) is 0 Å². The van der Waals surface area contributed by atoms with Gasteiger partial charge in [0, 0.05) is 0 Å². The molecule has 0 radical (unpaired) electrons. The first kappa shape index (κ1) is 8.71. The first-order valence-electron chi connectivity index (χ1n) is 2.39. The minimum absolute atomic E-state index is 0.559. The van der Waals surface area contributed by atoms with E-state index in [0.717, 1.165) is 0 Å². The van der Waals surface area contributed by atoms with E-state index in [2.05, 4.69) is 5.73 Å². The Kier molecular flexibility index (Phi) is 2.08. The maximum absolute atomic E-state index is 11.5. The van der Waals surface area contributed by atoms with E-state index in [1.54, 1.807) is 0 Å². The minimum Gasteiger partial charge on any atom is -0.376 e. The number of halogens is 3. The van der Waals surface area contributed by atoms with Crippen molar-refractivity contribution in [3.63, 3.8) is 0 Å². The smallest absolute Gasteiger partial charge is 0.376 e. The summed E-state index contributed by atoms with van der Waals surface area (Å²) in [5.74, 6) is 0. The fourth-order valence-electron chi connectivity index (χ4n) is 0.142. The van der Waals surface area contributed by atoms with Crippen molar-refractivity contribution in [2.45, 2.75) is 18.7 Å². The zero-order valence-corrected chi connectivity index (χ0v) is 5.00. The van der Waals surface area contributed by atoms with Gasteiger partial charge in [0.15, 0.2) is 0 Å². The van der Waals surface area contributed by atoms with Crippen molar-refractivity contribution in [2.75, 3.05) is 6.54 Å². The molecule has 0 aliphatic heterocycles.